The van der Waals surface area contributed by atoms with E-state index in [2.05, 4.69) is 4.90 Å². The molecular weight excluding hydrogens is 266 g/mol. The van der Waals surface area contributed by atoms with Crippen LogP contribution in [0.3, 0.4) is 0 Å². The van der Waals surface area contributed by atoms with Crippen molar-refractivity contribution in [2.75, 3.05) is 18.0 Å². The number of aromatic carboxylic acids is 1. The molecule has 0 bridgehead atoms. The van der Waals surface area contributed by atoms with Gasteiger partial charge in [-0.1, -0.05) is 12.1 Å². The molecule has 4 nitrogen and oxygen atoms in total. The Morgan fingerprint density at radius 3 is 2.33 bits per heavy atom. The van der Waals surface area contributed by atoms with Crippen LogP contribution in [0.4, 0.5) is 5.69 Å². The lowest BCUT2D eigenvalue weighted by atomic mass is 10.2. The number of para-hydroxylation sites is 1. The van der Waals surface area contributed by atoms with Gasteiger partial charge in [-0.2, -0.15) is 0 Å². The zero-order valence-electron chi connectivity index (χ0n) is 11.7. The number of ether oxygens (including phenoxy) is 1. The van der Waals surface area contributed by atoms with Gasteiger partial charge in [0.15, 0.2) is 0 Å². The molecule has 4 heteroatoms. The number of hydrogen-bond acceptors (Lipinski definition) is 3. The van der Waals surface area contributed by atoms with Gasteiger partial charge in [0.1, 0.15) is 17.1 Å². The smallest absolute Gasteiger partial charge is 0.339 e. The van der Waals surface area contributed by atoms with Gasteiger partial charge in [-0.3, -0.25) is 0 Å². The Bertz CT molecular complexity index is 631. The van der Waals surface area contributed by atoms with Gasteiger partial charge in [-0.15, -0.1) is 0 Å². The maximum Gasteiger partial charge on any atom is 0.339 e. The van der Waals surface area contributed by atoms with E-state index >= 15 is 0 Å². The fraction of sp³-hybridized carbons (Fsp3) is 0.235. The third kappa shape index (κ3) is 2.99. The normalized spacial score (nSPS) is 14.2. The lowest BCUT2D eigenvalue weighted by Crippen LogP contribution is -2.17. The molecular formula is C17H17NO3. The van der Waals surface area contributed by atoms with Gasteiger partial charge >= 0.3 is 5.97 Å². The molecule has 0 radical (unpaired) electrons. The van der Waals surface area contributed by atoms with Gasteiger partial charge in [0.25, 0.3) is 0 Å². The Kier molecular flexibility index (Phi) is 3.77. The Labute approximate surface area is 123 Å². The summed E-state index contributed by atoms with van der Waals surface area (Å²) in [5, 5.41) is 9.14. The van der Waals surface area contributed by atoms with Crippen molar-refractivity contribution < 1.29 is 14.6 Å². The number of benzene rings is 2. The lowest BCUT2D eigenvalue weighted by Gasteiger charge is -2.17. The molecule has 1 fully saturated rings. The fourth-order valence-electron chi connectivity index (χ4n) is 2.56. The molecule has 1 aliphatic heterocycles. The van der Waals surface area contributed by atoms with Crippen LogP contribution in [0.25, 0.3) is 0 Å². The third-order valence-electron chi connectivity index (χ3n) is 3.65. The van der Waals surface area contributed by atoms with Gasteiger partial charge in [0.2, 0.25) is 0 Å². The second-order valence-electron chi connectivity index (χ2n) is 5.09. The van der Waals surface area contributed by atoms with Gasteiger partial charge in [-0.25, -0.2) is 4.79 Å². The van der Waals surface area contributed by atoms with Crippen LogP contribution in [-0.4, -0.2) is 24.2 Å². The first-order valence-electron chi connectivity index (χ1n) is 7.09. The van der Waals surface area contributed by atoms with Crippen LogP contribution in [0.15, 0.2) is 48.5 Å². The minimum absolute atomic E-state index is 0.168. The molecule has 1 heterocycles. The van der Waals surface area contributed by atoms with Crippen molar-refractivity contribution in [2.24, 2.45) is 0 Å². The fourth-order valence-corrected chi connectivity index (χ4v) is 2.56. The zero-order chi connectivity index (χ0) is 14.7. The number of nitrogens with zero attached hydrogens (tertiary/aromatic N) is 1. The first-order chi connectivity index (χ1) is 10.2. The van der Waals surface area contributed by atoms with E-state index in [1.165, 1.54) is 24.6 Å². The van der Waals surface area contributed by atoms with Crippen LogP contribution in [0.2, 0.25) is 0 Å². The van der Waals surface area contributed by atoms with E-state index in [0.717, 1.165) is 13.1 Å². The summed E-state index contributed by atoms with van der Waals surface area (Å²) < 4.78 is 5.69. The highest BCUT2D eigenvalue weighted by Crippen LogP contribution is 2.28. The number of anilines is 1. The van der Waals surface area contributed by atoms with Crippen LogP contribution in [0, 0.1) is 0 Å². The highest BCUT2D eigenvalue weighted by molar-refractivity contribution is 5.90. The summed E-state index contributed by atoms with van der Waals surface area (Å²) in [6.07, 6.45) is 2.48. The summed E-state index contributed by atoms with van der Waals surface area (Å²) >= 11 is 0. The molecule has 1 N–H and O–H groups in total. The van der Waals surface area contributed by atoms with Crippen molar-refractivity contribution in [3.8, 4) is 11.5 Å². The van der Waals surface area contributed by atoms with Gasteiger partial charge < -0.3 is 14.7 Å². The number of carboxylic acid groups (broad SMARTS) is 1. The number of hydrogen-bond donors (Lipinski definition) is 1. The SMILES string of the molecule is O=C(O)c1ccccc1Oc1ccc(N2CCCC2)cc1. The first kappa shape index (κ1) is 13.5. The molecule has 0 spiro atoms. The van der Waals surface area contributed by atoms with E-state index in [4.69, 9.17) is 9.84 Å². The van der Waals surface area contributed by atoms with E-state index in [0.29, 0.717) is 11.5 Å². The molecule has 2 aromatic rings. The Morgan fingerprint density at radius 1 is 1.00 bits per heavy atom. The van der Waals surface area contributed by atoms with Gasteiger partial charge in [0.05, 0.1) is 0 Å². The molecule has 1 aliphatic rings. The molecule has 0 unspecified atom stereocenters. The maximum absolute atomic E-state index is 11.2. The van der Waals surface area contributed by atoms with E-state index < -0.39 is 5.97 Å². The summed E-state index contributed by atoms with van der Waals surface area (Å²) in [4.78, 5) is 13.5. The van der Waals surface area contributed by atoms with Gasteiger partial charge in [-0.05, 0) is 49.2 Å². The molecule has 2 aromatic carbocycles. The van der Waals surface area contributed by atoms with Crippen molar-refractivity contribution in [3.63, 3.8) is 0 Å². The quantitative estimate of drug-likeness (QED) is 0.927. The second kappa shape index (κ2) is 5.87. The van der Waals surface area contributed by atoms with Crippen molar-refractivity contribution in [1.29, 1.82) is 0 Å². The maximum atomic E-state index is 11.2. The first-order valence-corrected chi connectivity index (χ1v) is 7.09. The van der Waals surface area contributed by atoms with E-state index in [-0.39, 0.29) is 5.56 Å². The Morgan fingerprint density at radius 2 is 1.67 bits per heavy atom. The summed E-state index contributed by atoms with van der Waals surface area (Å²) in [5.41, 5.74) is 1.35. The van der Waals surface area contributed by atoms with Crippen LogP contribution in [0.1, 0.15) is 23.2 Å². The number of carbonyl (C=O) groups is 1. The zero-order valence-corrected chi connectivity index (χ0v) is 11.7. The van der Waals surface area contributed by atoms with Crippen LogP contribution < -0.4 is 9.64 Å². The largest absolute Gasteiger partial charge is 0.478 e. The third-order valence-corrected chi connectivity index (χ3v) is 3.65. The molecule has 21 heavy (non-hydrogen) atoms. The topological polar surface area (TPSA) is 49.8 Å². The monoisotopic (exact) mass is 283 g/mol. The highest BCUT2D eigenvalue weighted by atomic mass is 16.5. The average Bonchev–Trinajstić information content (AvgIpc) is 3.03. The predicted molar refractivity (Wildman–Crippen MR) is 81.4 cm³/mol. The molecule has 0 aliphatic carbocycles. The minimum Gasteiger partial charge on any atom is -0.478 e. The van der Waals surface area contributed by atoms with Crippen LogP contribution in [0.5, 0.6) is 11.5 Å². The molecule has 0 atom stereocenters. The number of rotatable bonds is 4. The predicted octanol–water partition coefficient (Wildman–Crippen LogP) is 3.78. The second-order valence-corrected chi connectivity index (χ2v) is 5.09. The molecule has 0 amide bonds. The summed E-state index contributed by atoms with van der Waals surface area (Å²) in [6, 6.07) is 14.5. The summed E-state index contributed by atoms with van der Waals surface area (Å²) in [5.74, 6) is 0.0184. The van der Waals surface area contributed by atoms with Crippen LogP contribution >= 0.6 is 0 Å². The van der Waals surface area contributed by atoms with Crippen molar-refractivity contribution in [1.82, 2.24) is 0 Å². The standard InChI is InChI=1S/C17H17NO3/c19-17(20)15-5-1-2-6-16(15)21-14-9-7-13(8-10-14)18-11-3-4-12-18/h1-2,5-10H,3-4,11-12H2,(H,19,20). The Hall–Kier alpha value is -2.49. The average molecular weight is 283 g/mol. The molecule has 108 valence electrons. The molecule has 0 aromatic heterocycles. The van der Waals surface area contributed by atoms with Crippen molar-refractivity contribution >= 4 is 11.7 Å². The van der Waals surface area contributed by atoms with Gasteiger partial charge in [0, 0.05) is 18.8 Å². The molecule has 1 saturated heterocycles. The Balaban J connectivity index is 1.77. The lowest BCUT2D eigenvalue weighted by molar-refractivity contribution is 0.0694. The van der Waals surface area contributed by atoms with E-state index in [9.17, 15) is 4.79 Å². The van der Waals surface area contributed by atoms with Crippen LogP contribution in [-0.2, 0) is 0 Å². The summed E-state index contributed by atoms with van der Waals surface area (Å²) in [6.45, 7) is 2.20. The van der Waals surface area contributed by atoms with Crippen molar-refractivity contribution in [2.45, 2.75) is 12.8 Å². The minimum atomic E-state index is -0.987. The van der Waals surface area contributed by atoms with E-state index in [1.807, 2.05) is 24.3 Å². The highest BCUT2D eigenvalue weighted by Gasteiger charge is 2.13. The van der Waals surface area contributed by atoms with Crippen molar-refractivity contribution in [3.05, 3.63) is 54.1 Å². The molecule has 3 rings (SSSR count). The van der Waals surface area contributed by atoms with E-state index in [1.54, 1.807) is 18.2 Å². The number of carboxylic acids is 1. The summed E-state index contributed by atoms with van der Waals surface area (Å²) in [7, 11) is 0. The molecule has 0 saturated carbocycles.